The van der Waals surface area contributed by atoms with Gasteiger partial charge in [0.25, 0.3) is 5.91 Å². The summed E-state index contributed by atoms with van der Waals surface area (Å²) >= 11 is 3.00. The van der Waals surface area contributed by atoms with Crippen LogP contribution in [0.1, 0.15) is 52.3 Å². The van der Waals surface area contributed by atoms with Gasteiger partial charge in [0.15, 0.2) is 0 Å². The summed E-state index contributed by atoms with van der Waals surface area (Å²) in [5.41, 5.74) is 1.27. The molecule has 0 bridgehead atoms. The topological polar surface area (TPSA) is 54.9 Å². The van der Waals surface area contributed by atoms with E-state index in [4.69, 9.17) is 0 Å². The predicted octanol–water partition coefficient (Wildman–Crippen LogP) is 4.31. The lowest BCUT2D eigenvalue weighted by atomic mass is 10.1. The third-order valence-electron chi connectivity index (χ3n) is 3.03. The number of anilines is 1. The first kappa shape index (κ1) is 16.1. The largest absolute Gasteiger partial charge is 0.296 e. The highest BCUT2D eigenvalue weighted by atomic mass is 32.1. The summed E-state index contributed by atoms with van der Waals surface area (Å²) in [4.78, 5) is 14.2. The van der Waals surface area contributed by atoms with Gasteiger partial charge in [-0.15, -0.1) is 21.5 Å². The predicted molar refractivity (Wildman–Crippen MR) is 89.5 cm³/mol. The summed E-state index contributed by atoms with van der Waals surface area (Å²) in [6.07, 6.45) is 3.01. The molecule has 2 heterocycles. The minimum atomic E-state index is -0.0855. The maximum Gasteiger partial charge on any atom is 0.267 e. The molecule has 0 aromatic carbocycles. The van der Waals surface area contributed by atoms with E-state index in [0.717, 1.165) is 29.1 Å². The Morgan fingerprint density at radius 1 is 1.33 bits per heavy atom. The third kappa shape index (κ3) is 4.35. The lowest BCUT2D eigenvalue weighted by Gasteiger charge is -1.98. The van der Waals surface area contributed by atoms with E-state index in [-0.39, 0.29) is 5.91 Å². The van der Waals surface area contributed by atoms with Crippen LogP contribution in [-0.4, -0.2) is 16.1 Å². The third-order valence-corrected chi connectivity index (χ3v) is 4.99. The molecule has 0 saturated carbocycles. The second kappa shape index (κ2) is 7.13. The number of aryl methyl sites for hydroxylation is 2. The smallest absolute Gasteiger partial charge is 0.267 e. The molecule has 114 valence electrons. The molecule has 0 aliphatic carbocycles. The fraction of sp³-hybridized carbons (Fsp3) is 0.533. The SMILES string of the molecule is CCCc1cc(C(=O)Nc2nnc(CC(C)C)s2)sc1C. The van der Waals surface area contributed by atoms with Gasteiger partial charge in [-0.3, -0.25) is 10.1 Å². The summed E-state index contributed by atoms with van der Waals surface area (Å²) in [7, 11) is 0. The summed E-state index contributed by atoms with van der Waals surface area (Å²) in [6.45, 7) is 8.50. The van der Waals surface area contributed by atoms with Crippen molar-refractivity contribution in [2.75, 3.05) is 5.32 Å². The number of hydrogen-bond acceptors (Lipinski definition) is 5. The maximum atomic E-state index is 12.3. The van der Waals surface area contributed by atoms with Crippen molar-refractivity contribution < 1.29 is 4.79 Å². The van der Waals surface area contributed by atoms with Crippen molar-refractivity contribution in [2.24, 2.45) is 5.92 Å². The number of nitrogens with zero attached hydrogens (tertiary/aromatic N) is 2. The molecular weight excluding hydrogens is 302 g/mol. The highest BCUT2D eigenvalue weighted by Gasteiger charge is 2.14. The van der Waals surface area contributed by atoms with Crippen LogP contribution < -0.4 is 5.32 Å². The van der Waals surface area contributed by atoms with Gasteiger partial charge in [0.2, 0.25) is 5.13 Å². The first-order chi connectivity index (χ1) is 9.99. The Bertz CT molecular complexity index is 616. The number of thiophene rings is 1. The highest BCUT2D eigenvalue weighted by molar-refractivity contribution is 7.16. The van der Waals surface area contributed by atoms with Crippen molar-refractivity contribution in [1.82, 2.24) is 10.2 Å². The Labute approximate surface area is 133 Å². The van der Waals surface area contributed by atoms with Gasteiger partial charge >= 0.3 is 0 Å². The molecule has 1 N–H and O–H groups in total. The van der Waals surface area contributed by atoms with Crippen molar-refractivity contribution in [3.63, 3.8) is 0 Å². The minimum absolute atomic E-state index is 0.0855. The molecule has 6 heteroatoms. The Morgan fingerprint density at radius 3 is 2.76 bits per heavy atom. The van der Waals surface area contributed by atoms with Crippen LogP contribution in [0.2, 0.25) is 0 Å². The second-order valence-corrected chi connectivity index (χ2v) is 7.81. The number of carbonyl (C=O) groups excluding carboxylic acids is 1. The number of carbonyl (C=O) groups is 1. The van der Waals surface area contributed by atoms with Gasteiger partial charge in [-0.2, -0.15) is 0 Å². The fourth-order valence-electron chi connectivity index (χ4n) is 2.04. The van der Waals surface area contributed by atoms with Gasteiger partial charge in [-0.25, -0.2) is 0 Å². The molecule has 0 radical (unpaired) electrons. The number of nitrogens with one attached hydrogen (secondary N) is 1. The Kier molecular flexibility index (Phi) is 5.47. The van der Waals surface area contributed by atoms with Crippen molar-refractivity contribution in [2.45, 2.75) is 47.0 Å². The average molecular weight is 323 g/mol. The van der Waals surface area contributed by atoms with Gasteiger partial charge in [0.1, 0.15) is 5.01 Å². The monoisotopic (exact) mass is 323 g/mol. The lowest BCUT2D eigenvalue weighted by molar-refractivity contribution is 0.103. The molecule has 2 aromatic rings. The van der Waals surface area contributed by atoms with Gasteiger partial charge in [-0.05, 0) is 30.9 Å². The molecule has 0 unspecified atom stereocenters. The molecule has 0 fully saturated rings. The van der Waals surface area contributed by atoms with Crippen molar-refractivity contribution >= 4 is 33.7 Å². The van der Waals surface area contributed by atoms with E-state index < -0.39 is 0 Å². The zero-order valence-electron chi connectivity index (χ0n) is 12.9. The molecule has 4 nitrogen and oxygen atoms in total. The van der Waals surface area contributed by atoms with Crippen molar-refractivity contribution in [3.05, 3.63) is 26.4 Å². The molecular formula is C15H21N3OS2. The van der Waals surface area contributed by atoms with Gasteiger partial charge in [-0.1, -0.05) is 38.5 Å². The van der Waals surface area contributed by atoms with E-state index in [1.807, 2.05) is 6.07 Å². The van der Waals surface area contributed by atoms with E-state index in [1.54, 1.807) is 11.3 Å². The minimum Gasteiger partial charge on any atom is -0.296 e. The summed E-state index contributed by atoms with van der Waals surface area (Å²) in [6, 6.07) is 1.99. The van der Waals surface area contributed by atoms with E-state index in [0.29, 0.717) is 11.0 Å². The van der Waals surface area contributed by atoms with E-state index >= 15 is 0 Å². The van der Waals surface area contributed by atoms with E-state index in [2.05, 4.69) is 43.2 Å². The Balaban J connectivity index is 2.04. The highest BCUT2D eigenvalue weighted by Crippen LogP contribution is 2.25. The first-order valence-corrected chi connectivity index (χ1v) is 8.86. The van der Waals surface area contributed by atoms with E-state index in [9.17, 15) is 4.79 Å². The van der Waals surface area contributed by atoms with Crippen LogP contribution in [0.4, 0.5) is 5.13 Å². The van der Waals surface area contributed by atoms with Crippen LogP contribution in [0.5, 0.6) is 0 Å². The van der Waals surface area contributed by atoms with Gasteiger partial charge < -0.3 is 0 Å². The quantitative estimate of drug-likeness (QED) is 0.861. The standard InChI is InChI=1S/C15H21N3OS2/c1-5-6-11-8-12(20-10(11)4)14(19)16-15-18-17-13(21-15)7-9(2)3/h8-9H,5-7H2,1-4H3,(H,16,18,19). The zero-order chi connectivity index (χ0) is 15.4. The Morgan fingerprint density at radius 2 is 2.10 bits per heavy atom. The van der Waals surface area contributed by atoms with Crippen LogP contribution in [0.3, 0.4) is 0 Å². The lowest BCUT2D eigenvalue weighted by Crippen LogP contribution is -2.09. The average Bonchev–Trinajstić information content (AvgIpc) is 2.97. The van der Waals surface area contributed by atoms with Gasteiger partial charge in [0.05, 0.1) is 4.88 Å². The molecule has 2 aromatic heterocycles. The Hall–Kier alpha value is -1.27. The molecule has 0 aliphatic rings. The fourth-order valence-corrected chi connectivity index (χ4v) is 3.96. The van der Waals surface area contributed by atoms with Crippen LogP contribution in [0.25, 0.3) is 0 Å². The molecule has 1 amide bonds. The normalized spacial score (nSPS) is 11.1. The molecule has 2 rings (SSSR count). The van der Waals surface area contributed by atoms with Crippen LogP contribution in [-0.2, 0) is 12.8 Å². The van der Waals surface area contributed by atoms with Crippen LogP contribution >= 0.6 is 22.7 Å². The number of amides is 1. The van der Waals surface area contributed by atoms with Crippen molar-refractivity contribution in [3.8, 4) is 0 Å². The molecule has 0 aliphatic heterocycles. The molecule has 0 spiro atoms. The molecule has 21 heavy (non-hydrogen) atoms. The molecule has 0 atom stereocenters. The molecule has 0 saturated heterocycles. The summed E-state index contributed by atoms with van der Waals surface area (Å²) in [5.74, 6) is 0.454. The number of rotatable bonds is 6. The summed E-state index contributed by atoms with van der Waals surface area (Å²) < 4.78 is 0. The maximum absolute atomic E-state index is 12.3. The second-order valence-electron chi connectivity index (χ2n) is 5.50. The summed E-state index contributed by atoms with van der Waals surface area (Å²) in [5, 5.41) is 12.6. The first-order valence-electron chi connectivity index (χ1n) is 7.22. The van der Waals surface area contributed by atoms with E-state index in [1.165, 1.54) is 21.8 Å². The number of hydrogen-bond donors (Lipinski definition) is 1. The van der Waals surface area contributed by atoms with Gasteiger partial charge in [0, 0.05) is 11.3 Å². The van der Waals surface area contributed by atoms with Crippen LogP contribution in [0, 0.1) is 12.8 Å². The van der Waals surface area contributed by atoms with Crippen LogP contribution in [0.15, 0.2) is 6.07 Å². The van der Waals surface area contributed by atoms with Crippen molar-refractivity contribution in [1.29, 1.82) is 0 Å². The zero-order valence-corrected chi connectivity index (χ0v) is 14.5. The number of aromatic nitrogens is 2.